The van der Waals surface area contributed by atoms with Crippen molar-refractivity contribution in [3.8, 4) is 5.88 Å². The SMILES string of the molecule is Cc1cccnc1OCC1CCN(C(=O)C2CCC2)CC1. The molecular weight excluding hydrogens is 264 g/mol. The normalized spacial score (nSPS) is 20.1. The number of pyridine rings is 1. The van der Waals surface area contributed by atoms with Crippen LogP contribution in [0.15, 0.2) is 18.3 Å². The van der Waals surface area contributed by atoms with Crippen LogP contribution < -0.4 is 4.74 Å². The summed E-state index contributed by atoms with van der Waals surface area (Å²) < 4.78 is 5.84. The van der Waals surface area contributed by atoms with E-state index in [0.717, 1.165) is 50.2 Å². The summed E-state index contributed by atoms with van der Waals surface area (Å²) in [7, 11) is 0. The van der Waals surface area contributed by atoms with Crippen LogP contribution in [0.5, 0.6) is 5.88 Å². The van der Waals surface area contributed by atoms with Gasteiger partial charge in [0.05, 0.1) is 6.61 Å². The lowest BCUT2D eigenvalue weighted by molar-refractivity contribution is -0.139. The summed E-state index contributed by atoms with van der Waals surface area (Å²) in [6.45, 7) is 4.51. The molecule has 0 spiro atoms. The van der Waals surface area contributed by atoms with Gasteiger partial charge in [-0.2, -0.15) is 0 Å². The number of nitrogens with zero attached hydrogens (tertiary/aromatic N) is 2. The van der Waals surface area contributed by atoms with Crippen LogP contribution in [0.4, 0.5) is 0 Å². The van der Waals surface area contributed by atoms with Gasteiger partial charge >= 0.3 is 0 Å². The molecule has 1 aromatic rings. The molecule has 1 amide bonds. The average molecular weight is 288 g/mol. The minimum absolute atomic E-state index is 0.328. The van der Waals surface area contributed by atoms with Gasteiger partial charge in [0.15, 0.2) is 0 Å². The van der Waals surface area contributed by atoms with E-state index in [1.165, 1.54) is 6.42 Å². The molecule has 114 valence electrons. The van der Waals surface area contributed by atoms with Crippen molar-refractivity contribution in [2.45, 2.75) is 39.0 Å². The third-order valence-electron chi connectivity index (χ3n) is 4.80. The Kier molecular flexibility index (Phi) is 4.42. The molecule has 2 aliphatic rings. The van der Waals surface area contributed by atoms with Crippen LogP contribution in [-0.4, -0.2) is 35.5 Å². The predicted octanol–water partition coefficient (Wildman–Crippen LogP) is 2.81. The number of ether oxygens (including phenoxy) is 1. The first-order chi connectivity index (χ1) is 10.2. The summed E-state index contributed by atoms with van der Waals surface area (Å²) in [5, 5.41) is 0. The van der Waals surface area contributed by atoms with Crippen LogP contribution in [0, 0.1) is 18.8 Å². The second-order valence-electron chi connectivity index (χ2n) is 6.33. The first kappa shape index (κ1) is 14.4. The van der Waals surface area contributed by atoms with E-state index in [0.29, 0.717) is 24.3 Å². The van der Waals surface area contributed by atoms with Crippen LogP contribution in [0.1, 0.15) is 37.7 Å². The fourth-order valence-corrected chi connectivity index (χ4v) is 3.05. The maximum absolute atomic E-state index is 12.2. The van der Waals surface area contributed by atoms with Crippen molar-refractivity contribution >= 4 is 5.91 Å². The van der Waals surface area contributed by atoms with Crippen LogP contribution >= 0.6 is 0 Å². The summed E-state index contributed by atoms with van der Waals surface area (Å²) in [4.78, 5) is 18.5. The zero-order valence-electron chi connectivity index (χ0n) is 12.8. The van der Waals surface area contributed by atoms with Crippen molar-refractivity contribution in [2.24, 2.45) is 11.8 Å². The largest absolute Gasteiger partial charge is 0.477 e. The number of hydrogen-bond acceptors (Lipinski definition) is 3. The number of aryl methyl sites for hydroxylation is 1. The van der Waals surface area contributed by atoms with Crippen LogP contribution in [-0.2, 0) is 4.79 Å². The van der Waals surface area contributed by atoms with Gasteiger partial charge < -0.3 is 9.64 Å². The number of aromatic nitrogens is 1. The monoisotopic (exact) mass is 288 g/mol. The summed E-state index contributed by atoms with van der Waals surface area (Å²) in [5.41, 5.74) is 1.08. The van der Waals surface area contributed by atoms with E-state index in [2.05, 4.69) is 9.88 Å². The van der Waals surface area contributed by atoms with Gasteiger partial charge in [0, 0.05) is 30.8 Å². The van der Waals surface area contributed by atoms with Gasteiger partial charge in [-0.3, -0.25) is 4.79 Å². The topological polar surface area (TPSA) is 42.4 Å². The zero-order chi connectivity index (χ0) is 14.7. The first-order valence-electron chi connectivity index (χ1n) is 8.07. The number of hydrogen-bond donors (Lipinski definition) is 0. The van der Waals surface area contributed by atoms with Crippen molar-refractivity contribution in [1.82, 2.24) is 9.88 Å². The van der Waals surface area contributed by atoms with Gasteiger partial charge in [-0.05, 0) is 44.6 Å². The summed E-state index contributed by atoms with van der Waals surface area (Å²) in [6, 6.07) is 3.94. The number of rotatable bonds is 4. The first-order valence-corrected chi connectivity index (χ1v) is 8.07. The lowest BCUT2D eigenvalue weighted by Gasteiger charge is -2.36. The van der Waals surface area contributed by atoms with Crippen molar-refractivity contribution < 1.29 is 9.53 Å². The second kappa shape index (κ2) is 6.46. The molecule has 3 rings (SSSR count). The summed E-state index contributed by atoms with van der Waals surface area (Å²) in [6.07, 6.45) is 7.28. The molecule has 0 N–H and O–H groups in total. The number of carbonyl (C=O) groups is 1. The highest BCUT2D eigenvalue weighted by Gasteiger charge is 2.31. The van der Waals surface area contributed by atoms with Crippen molar-refractivity contribution in [3.05, 3.63) is 23.9 Å². The fraction of sp³-hybridized carbons (Fsp3) is 0.647. The highest BCUT2D eigenvalue weighted by molar-refractivity contribution is 5.79. The minimum Gasteiger partial charge on any atom is -0.477 e. The highest BCUT2D eigenvalue weighted by Crippen LogP contribution is 2.30. The smallest absolute Gasteiger partial charge is 0.225 e. The average Bonchev–Trinajstić information content (AvgIpc) is 2.45. The standard InChI is InChI=1S/C17H24N2O2/c1-13-4-3-9-18-16(13)21-12-14-7-10-19(11-8-14)17(20)15-5-2-6-15/h3-4,9,14-15H,2,5-8,10-12H2,1H3. The maximum atomic E-state index is 12.2. The molecule has 1 saturated heterocycles. The fourth-order valence-electron chi connectivity index (χ4n) is 3.05. The van der Waals surface area contributed by atoms with E-state index in [1.807, 2.05) is 19.1 Å². The third kappa shape index (κ3) is 3.36. The van der Waals surface area contributed by atoms with E-state index in [-0.39, 0.29) is 0 Å². The minimum atomic E-state index is 0.328. The quantitative estimate of drug-likeness (QED) is 0.855. The number of likely N-dealkylation sites (tertiary alicyclic amines) is 1. The number of carbonyl (C=O) groups excluding carboxylic acids is 1. The van der Waals surface area contributed by atoms with Gasteiger partial charge in [-0.1, -0.05) is 12.5 Å². The van der Waals surface area contributed by atoms with Crippen molar-refractivity contribution in [3.63, 3.8) is 0 Å². The lowest BCUT2D eigenvalue weighted by atomic mass is 9.83. The molecular formula is C17H24N2O2. The van der Waals surface area contributed by atoms with Crippen LogP contribution in [0.25, 0.3) is 0 Å². The van der Waals surface area contributed by atoms with Gasteiger partial charge in [0.2, 0.25) is 11.8 Å². The molecule has 1 aliphatic carbocycles. The Hall–Kier alpha value is -1.58. The van der Waals surface area contributed by atoms with Crippen molar-refractivity contribution in [2.75, 3.05) is 19.7 Å². The molecule has 0 radical (unpaired) electrons. The number of amides is 1. The Morgan fingerprint density at radius 1 is 1.33 bits per heavy atom. The Labute approximate surface area is 126 Å². The molecule has 2 fully saturated rings. The van der Waals surface area contributed by atoms with E-state index >= 15 is 0 Å². The Bertz CT molecular complexity index is 491. The second-order valence-corrected chi connectivity index (χ2v) is 6.33. The molecule has 4 heteroatoms. The zero-order valence-corrected chi connectivity index (χ0v) is 12.8. The summed E-state index contributed by atoms with van der Waals surface area (Å²) >= 11 is 0. The number of piperidine rings is 1. The molecule has 0 atom stereocenters. The van der Waals surface area contributed by atoms with Gasteiger partial charge in [-0.15, -0.1) is 0 Å². The van der Waals surface area contributed by atoms with E-state index in [9.17, 15) is 4.79 Å². The van der Waals surface area contributed by atoms with Crippen molar-refractivity contribution in [1.29, 1.82) is 0 Å². The molecule has 4 nitrogen and oxygen atoms in total. The molecule has 0 bridgehead atoms. The molecule has 1 saturated carbocycles. The van der Waals surface area contributed by atoms with Gasteiger partial charge in [0.25, 0.3) is 0 Å². The predicted molar refractivity (Wildman–Crippen MR) is 81.1 cm³/mol. The van der Waals surface area contributed by atoms with E-state index in [4.69, 9.17) is 4.74 Å². The highest BCUT2D eigenvalue weighted by atomic mass is 16.5. The molecule has 1 aromatic heterocycles. The maximum Gasteiger partial charge on any atom is 0.225 e. The van der Waals surface area contributed by atoms with Crippen LogP contribution in [0.2, 0.25) is 0 Å². The van der Waals surface area contributed by atoms with Crippen LogP contribution in [0.3, 0.4) is 0 Å². The molecule has 0 aromatic carbocycles. The molecule has 0 unspecified atom stereocenters. The van der Waals surface area contributed by atoms with E-state index in [1.54, 1.807) is 6.20 Å². The molecule has 2 heterocycles. The Morgan fingerprint density at radius 2 is 2.10 bits per heavy atom. The molecule has 21 heavy (non-hydrogen) atoms. The van der Waals surface area contributed by atoms with Gasteiger partial charge in [0.1, 0.15) is 0 Å². The Balaban J connectivity index is 1.43. The third-order valence-corrected chi connectivity index (χ3v) is 4.80. The Morgan fingerprint density at radius 3 is 2.71 bits per heavy atom. The lowest BCUT2D eigenvalue weighted by Crippen LogP contribution is -2.44. The summed E-state index contributed by atoms with van der Waals surface area (Å²) in [5.74, 6) is 2.00. The van der Waals surface area contributed by atoms with E-state index < -0.39 is 0 Å². The van der Waals surface area contributed by atoms with Gasteiger partial charge in [-0.25, -0.2) is 4.98 Å². The molecule has 1 aliphatic heterocycles.